The van der Waals surface area contributed by atoms with Crippen LogP contribution < -0.4 is 0 Å². The van der Waals surface area contributed by atoms with Gasteiger partial charge in [-0.3, -0.25) is 4.79 Å². The zero-order chi connectivity index (χ0) is 16.2. The van der Waals surface area contributed by atoms with Crippen LogP contribution in [-0.2, 0) is 15.1 Å². The zero-order valence-corrected chi connectivity index (χ0v) is 14.5. The van der Waals surface area contributed by atoms with Crippen LogP contribution >= 0.6 is 0 Å². The highest BCUT2D eigenvalue weighted by molar-refractivity contribution is 5.76. The predicted octanol–water partition coefficient (Wildman–Crippen LogP) is 5.46. The first kappa shape index (κ1) is 17.1. The summed E-state index contributed by atoms with van der Waals surface area (Å²) in [5.41, 5.74) is 0.192. The predicted molar refractivity (Wildman–Crippen MR) is 90.5 cm³/mol. The van der Waals surface area contributed by atoms with Gasteiger partial charge in [-0.15, -0.1) is 0 Å². The number of hydrogen-bond donors (Lipinski definition) is 0. The van der Waals surface area contributed by atoms with Crippen molar-refractivity contribution in [2.45, 2.75) is 71.8 Å². The second kappa shape index (κ2) is 6.85. The van der Waals surface area contributed by atoms with E-state index in [4.69, 9.17) is 4.74 Å². The van der Waals surface area contributed by atoms with Gasteiger partial charge in [-0.2, -0.15) is 0 Å². The van der Waals surface area contributed by atoms with Gasteiger partial charge < -0.3 is 4.74 Å². The van der Waals surface area contributed by atoms with Crippen LogP contribution in [0.4, 0.5) is 0 Å². The molecule has 1 fully saturated rings. The second-order valence-corrected chi connectivity index (χ2v) is 7.43. The van der Waals surface area contributed by atoms with Crippen molar-refractivity contribution in [2.24, 2.45) is 11.3 Å². The van der Waals surface area contributed by atoms with Crippen LogP contribution in [0.1, 0.15) is 71.8 Å². The molecule has 1 aliphatic rings. The van der Waals surface area contributed by atoms with Crippen molar-refractivity contribution in [2.75, 3.05) is 0 Å². The van der Waals surface area contributed by atoms with E-state index >= 15 is 0 Å². The number of ether oxygens (including phenoxy) is 1. The Labute approximate surface area is 135 Å². The molecule has 2 nitrogen and oxygen atoms in total. The summed E-state index contributed by atoms with van der Waals surface area (Å²) < 4.78 is 6.18. The number of rotatable bonds is 5. The van der Waals surface area contributed by atoms with Gasteiger partial charge in [0.15, 0.2) is 0 Å². The first-order chi connectivity index (χ1) is 10.4. The van der Waals surface area contributed by atoms with Gasteiger partial charge >= 0.3 is 5.97 Å². The molecular formula is C20H30O2. The largest absolute Gasteiger partial charge is 0.454 e. The minimum Gasteiger partial charge on any atom is -0.454 e. The summed E-state index contributed by atoms with van der Waals surface area (Å²) in [7, 11) is 0. The lowest BCUT2D eigenvalue weighted by Gasteiger charge is -2.41. The molecule has 1 unspecified atom stereocenters. The normalized spacial score (nSPS) is 19.5. The van der Waals surface area contributed by atoms with E-state index in [1.54, 1.807) is 0 Å². The fourth-order valence-corrected chi connectivity index (χ4v) is 3.28. The smallest absolute Gasteiger partial charge is 0.312 e. The molecular weight excluding hydrogens is 272 g/mol. The Morgan fingerprint density at radius 3 is 2.23 bits per heavy atom. The quantitative estimate of drug-likeness (QED) is 0.675. The van der Waals surface area contributed by atoms with Crippen LogP contribution in [0.15, 0.2) is 30.3 Å². The van der Waals surface area contributed by atoms with Gasteiger partial charge in [0.1, 0.15) is 5.60 Å². The van der Waals surface area contributed by atoms with Crippen molar-refractivity contribution in [3.8, 4) is 0 Å². The standard InChI is InChI=1S/C20H30O2/c1-5-19(2,3)18(21)22-20(4,16-12-8-6-9-13-16)17-14-10-7-11-15-17/h6,8-9,12-13,17H,5,7,10-11,14-15H2,1-4H3. The molecule has 2 heteroatoms. The molecule has 122 valence electrons. The minimum atomic E-state index is -0.509. The number of benzene rings is 1. The third-order valence-electron chi connectivity index (χ3n) is 5.47. The van der Waals surface area contributed by atoms with Gasteiger partial charge in [-0.05, 0) is 45.6 Å². The summed E-state index contributed by atoms with van der Waals surface area (Å²) in [6.07, 6.45) is 6.86. The van der Waals surface area contributed by atoms with E-state index in [0.717, 1.165) is 24.8 Å². The fourth-order valence-electron chi connectivity index (χ4n) is 3.28. The molecule has 0 aromatic heterocycles. The van der Waals surface area contributed by atoms with Crippen molar-refractivity contribution in [3.63, 3.8) is 0 Å². The van der Waals surface area contributed by atoms with E-state index in [2.05, 4.69) is 19.1 Å². The van der Waals surface area contributed by atoms with Crippen molar-refractivity contribution in [1.82, 2.24) is 0 Å². The summed E-state index contributed by atoms with van der Waals surface area (Å²) in [4.78, 5) is 12.7. The molecule has 22 heavy (non-hydrogen) atoms. The van der Waals surface area contributed by atoms with Crippen LogP contribution in [0.3, 0.4) is 0 Å². The monoisotopic (exact) mass is 302 g/mol. The zero-order valence-electron chi connectivity index (χ0n) is 14.5. The Morgan fingerprint density at radius 2 is 1.68 bits per heavy atom. The van der Waals surface area contributed by atoms with Crippen LogP contribution in [-0.4, -0.2) is 5.97 Å². The molecule has 1 atom stereocenters. The van der Waals surface area contributed by atoms with Gasteiger partial charge in [0.05, 0.1) is 5.41 Å². The van der Waals surface area contributed by atoms with Gasteiger partial charge in [-0.1, -0.05) is 56.5 Å². The minimum absolute atomic E-state index is 0.0769. The first-order valence-corrected chi connectivity index (χ1v) is 8.69. The van der Waals surface area contributed by atoms with Crippen LogP contribution in [0.25, 0.3) is 0 Å². The molecule has 1 aromatic rings. The SMILES string of the molecule is CCC(C)(C)C(=O)OC(C)(c1ccccc1)C1CCCCC1. The molecule has 0 amide bonds. The van der Waals surface area contributed by atoms with Crippen molar-refractivity contribution in [1.29, 1.82) is 0 Å². The molecule has 0 saturated heterocycles. The highest BCUT2D eigenvalue weighted by atomic mass is 16.6. The number of esters is 1. The number of carbonyl (C=O) groups excluding carboxylic acids is 1. The molecule has 0 heterocycles. The van der Waals surface area contributed by atoms with E-state index in [-0.39, 0.29) is 5.97 Å². The molecule has 0 aliphatic heterocycles. The maximum absolute atomic E-state index is 12.7. The van der Waals surface area contributed by atoms with Crippen molar-refractivity contribution in [3.05, 3.63) is 35.9 Å². The van der Waals surface area contributed by atoms with E-state index in [0.29, 0.717) is 5.92 Å². The van der Waals surface area contributed by atoms with Crippen molar-refractivity contribution >= 4 is 5.97 Å². The summed E-state index contributed by atoms with van der Waals surface area (Å²) in [6.45, 7) is 8.10. The molecule has 0 N–H and O–H groups in total. The van der Waals surface area contributed by atoms with E-state index in [9.17, 15) is 4.79 Å². The van der Waals surface area contributed by atoms with Crippen LogP contribution in [0.2, 0.25) is 0 Å². The summed E-state index contributed by atoms with van der Waals surface area (Å²) in [5, 5.41) is 0. The highest BCUT2D eigenvalue weighted by Crippen LogP contribution is 2.43. The molecule has 2 rings (SSSR count). The molecule has 0 spiro atoms. The maximum Gasteiger partial charge on any atom is 0.312 e. The lowest BCUT2D eigenvalue weighted by molar-refractivity contribution is -0.178. The first-order valence-electron chi connectivity index (χ1n) is 8.69. The van der Waals surface area contributed by atoms with Crippen molar-refractivity contribution < 1.29 is 9.53 Å². The van der Waals surface area contributed by atoms with Gasteiger partial charge in [0.2, 0.25) is 0 Å². The summed E-state index contributed by atoms with van der Waals surface area (Å²) >= 11 is 0. The Balaban J connectivity index is 2.31. The molecule has 1 aromatic carbocycles. The van der Waals surface area contributed by atoms with E-state index < -0.39 is 11.0 Å². The average molecular weight is 302 g/mol. The Hall–Kier alpha value is -1.31. The van der Waals surface area contributed by atoms with Gasteiger partial charge in [-0.25, -0.2) is 0 Å². The molecule has 0 bridgehead atoms. The fraction of sp³-hybridized carbons (Fsp3) is 0.650. The van der Waals surface area contributed by atoms with Crippen LogP contribution in [0, 0.1) is 11.3 Å². The summed E-state index contributed by atoms with van der Waals surface area (Å²) in [5.74, 6) is 0.340. The molecule has 1 aliphatic carbocycles. The molecule has 1 saturated carbocycles. The van der Waals surface area contributed by atoms with E-state index in [1.165, 1.54) is 19.3 Å². The number of carbonyl (C=O) groups is 1. The second-order valence-electron chi connectivity index (χ2n) is 7.43. The third-order valence-corrected chi connectivity index (χ3v) is 5.47. The highest BCUT2D eigenvalue weighted by Gasteiger charge is 2.42. The Morgan fingerprint density at radius 1 is 1.09 bits per heavy atom. The maximum atomic E-state index is 12.7. The Bertz CT molecular complexity index is 486. The topological polar surface area (TPSA) is 26.3 Å². The molecule has 0 radical (unpaired) electrons. The number of hydrogen-bond acceptors (Lipinski definition) is 2. The summed E-state index contributed by atoms with van der Waals surface area (Å²) in [6, 6.07) is 10.3. The third kappa shape index (κ3) is 3.53. The van der Waals surface area contributed by atoms with Crippen LogP contribution in [0.5, 0.6) is 0 Å². The van der Waals surface area contributed by atoms with Gasteiger partial charge in [0.25, 0.3) is 0 Å². The Kier molecular flexibility index (Phi) is 5.31. The van der Waals surface area contributed by atoms with E-state index in [1.807, 2.05) is 39.0 Å². The van der Waals surface area contributed by atoms with Gasteiger partial charge in [0, 0.05) is 5.92 Å². The lowest BCUT2D eigenvalue weighted by Crippen LogP contribution is -2.41. The lowest BCUT2D eigenvalue weighted by atomic mass is 9.74. The average Bonchev–Trinajstić information content (AvgIpc) is 2.56.